The Kier molecular flexibility index (Phi) is 5.44. The Labute approximate surface area is 179 Å². The summed E-state index contributed by atoms with van der Waals surface area (Å²) in [5.74, 6) is -1.43. The average Bonchev–Trinajstić information content (AvgIpc) is 2.54. The molecule has 1 fully saturated rings. The number of Topliss-reactive ketones (excluding diaryl/α,β-unsaturated/α-hetero) is 2. The number of halogens is 3. The molecule has 0 radical (unpaired) electrons. The highest BCUT2D eigenvalue weighted by Crippen LogP contribution is 2.42. The van der Waals surface area contributed by atoms with E-state index in [2.05, 4.69) is 0 Å². The van der Waals surface area contributed by atoms with E-state index in [0.29, 0.717) is 26.2 Å². The van der Waals surface area contributed by atoms with E-state index in [9.17, 15) is 9.59 Å². The molecule has 1 aliphatic rings. The van der Waals surface area contributed by atoms with Gasteiger partial charge in [-0.05, 0) is 69.5 Å². The summed E-state index contributed by atoms with van der Waals surface area (Å²) in [7, 11) is 0. The maximum atomic E-state index is 13.1. The van der Waals surface area contributed by atoms with E-state index in [-0.39, 0.29) is 11.6 Å². The number of benzene rings is 2. The Balaban J connectivity index is 2.20. The van der Waals surface area contributed by atoms with E-state index in [1.165, 1.54) is 0 Å². The van der Waals surface area contributed by atoms with Crippen LogP contribution in [0.15, 0.2) is 30.3 Å². The number of hydrogen-bond acceptors (Lipinski definition) is 3. The lowest BCUT2D eigenvalue weighted by Crippen LogP contribution is -2.58. The van der Waals surface area contributed by atoms with Gasteiger partial charge in [-0.25, -0.2) is 0 Å². The van der Waals surface area contributed by atoms with Crippen LogP contribution in [0.25, 0.3) is 11.1 Å². The molecule has 6 heteroatoms. The molecule has 1 heterocycles. The van der Waals surface area contributed by atoms with E-state index >= 15 is 0 Å². The summed E-state index contributed by atoms with van der Waals surface area (Å²) in [5.41, 5.74) is 0.666. The zero-order valence-corrected chi connectivity index (χ0v) is 18.6. The standard InChI is InChI=1S/C22H21Cl3O3/c1-11-6-7-12(17-15(24)9-13(23)10-16(17)25)8-14(11)18-19(26)21(2,3)28-22(4,5)20(18)27/h6-10,18H,1-5H3. The number of ketones is 2. The maximum Gasteiger partial charge on any atom is 0.179 e. The van der Waals surface area contributed by atoms with Crippen LogP contribution in [-0.4, -0.2) is 22.8 Å². The molecule has 2 aromatic carbocycles. The third-order valence-corrected chi connectivity index (χ3v) is 5.92. The second-order valence-corrected chi connectivity index (χ2v) is 9.35. The van der Waals surface area contributed by atoms with Gasteiger partial charge in [-0.1, -0.05) is 46.9 Å². The second-order valence-electron chi connectivity index (χ2n) is 8.10. The van der Waals surface area contributed by atoms with Crippen molar-refractivity contribution in [1.82, 2.24) is 0 Å². The number of carbonyl (C=O) groups is 2. The van der Waals surface area contributed by atoms with Gasteiger partial charge in [0.2, 0.25) is 0 Å². The van der Waals surface area contributed by atoms with Crippen molar-refractivity contribution in [2.75, 3.05) is 0 Å². The van der Waals surface area contributed by atoms with Crippen LogP contribution in [-0.2, 0) is 14.3 Å². The summed E-state index contributed by atoms with van der Waals surface area (Å²) in [5, 5.41) is 1.24. The molecule has 0 amide bonds. The Morgan fingerprint density at radius 3 is 1.86 bits per heavy atom. The Hall–Kier alpha value is -1.39. The number of carbonyl (C=O) groups excluding carboxylic acids is 2. The summed E-state index contributed by atoms with van der Waals surface area (Å²) < 4.78 is 5.79. The molecule has 0 spiro atoms. The molecule has 1 saturated heterocycles. The molecule has 3 rings (SSSR count). The predicted octanol–water partition coefficient (Wildman–Crippen LogP) is 6.43. The molecule has 1 aliphatic heterocycles. The minimum Gasteiger partial charge on any atom is -0.354 e. The van der Waals surface area contributed by atoms with Crippen LogP contribution in [0.3, 0.4) is 0 Å². The van der Waals surface area contributed by atoms with E-state index in [1.807, 2.05) is 25.1 Å². The SMILES string of the molecule is Cc1ccc(-c2c(Cl)cc(Cl)cc2Cl)cc1C1C(=O)C(C)(C)OC(C)(C)C1=O. The third-order valence-electron chi connectivity index (χ3n) is 5.11. The zero-order valence-electron chi connectivity index (χ0n) is 16.3. The van der Waals surface area contributed by atoms with Crippen molar-refractivity contribution in [3.63, 3.8) is 0 Å². The normalized spacial score (nSPS) is 19.1. The van der Waals surface area contributed by atoms with Gasteiger partial charge in [0.05, 0.1) is 10.0 Å². The first-order valence-electron chi connectivity index (χ1n) is 8.89. The fourth-order valence-corrected chi connectivity index (χ4v) is 4.80. The molecule has 0 aliphatic carbocycles. The molecule has 148 valence electrons. The fourth-order valence-electron chi connectivity index (χ4n) is 3.76. The molecule has 0 saturated carbocycles. The molecular weight excluding hydrogens is 419 g/mol. The number of aryl methyl sites for hydroxylation is 1. The van der Waals surface area contributed by atoms with Gasteiger partial charge in [0.15, 0.2) is 11.6 Å². The van der Waals surface area contributed by atoms with Gasteiger partial charge in [-0.3, -0.25) is 9.59 Å². The van der Waals surface area contributed by atoms with E-state index in [1.54, 1.807) is 39.8 Å². The Bertz CT molecular complexity index is 944. The van der Waals surface area contributed by atoms with Gasteiger partial charge in [-0.2, -0.15) is 0 Å². The van der Waals surface area contributed by atoms with Gasteiger partial charge in [0, 0.05) is 10.6 Å². The lowest BCUT2D eigenvalue weighted by atomic mass is 9.73. The topological polar surface area (TPSA) is 43.4 Å². The second kappa shape index (κ2) is 7.14. The highest BCUT2D eigenvalue weighted by Gasteiger charge is 2.53. The smallest absolute Gasteiger partial charge is 0.179 e. The summed E-state index contributed by atoms with van der Waals surface area (Å²) in [6, 6.07) is 8.77. The van der Waals surface area contributed by atoms with Gasteiger partial charge < -0.3 is 4.74 Å². The highest BCUT2D eigenvalue weighted by molar-refractivity contribution is 6.41. The molecule has 0 atom stereocenters. The predicted molar refractivity (Wildman–Crippen MR) is 114 cm³/mol. The summed E-state index contributed by atoms with van der Waals surface area (Å²) in [6.07, 6.45) is 0. The van der Waals surface area contributed by atoms with Crippen molar-refractivity contribution in [1.29, 1.82) is 0 Å². The first-order valence-corrected chi connectivity index (χ1v) is 10.0. The maximum absolute atomic E-state index is 13.1. The van der Waals surface area contributed by atoms with Crippen LogP contribution in [0.2, 0.25) is 15.1 Å². The van der Waals surface area contributed by atoms with Crippen molar-refractivity contribution in [2.24, 2.45) is 0 Å². The summed E-state index contributed by atoms with van der Waals surface area (Å²) in [4.78, 5) is 26.2. The molecule has 2 aromatic rings. The molecular formula is C22H21Cl3O3. The van der Waals surface area contributed by atoms with Crippen LogP contribution in [0.4, 0.5) is 0 Å². The van der Waals surface area contributed by atoms with Gasteiger partial charge in [0.1, 0.15) is 17.1 Å². The van der Waals surface area contributed by atoms with Crippen molar-refractivity contribution in [2.45, 2.75) is 51.7 Å². The highest BCUT2D eigenvalue weighted by atomic mass is 35.5. The lowest BCUT2D eigenvalue weighted by molar-refractivity contribution is -0.184. The average molecular weight is 440 g/mol. The largest absolute Gasteiger partial charge is 0.354 e. The van der Waals surface area contributed by atoms with Gasteiger partial charge in [-0.15, -0.1) is 0 Å². The quantitative estimate of drug-likeness (QED) is 0.506. The number of hydrogen-bond donors (Lipinski definition) is 0. The monoisotopic (exact) mass is 438 g/mol. The van der Waals surface area contributed by atoms with Crippen molar-refractivity contribution in [3.05, 3.63) is 56.5 Å². The summed E-state index contributed by atoms with van der Waals surface area (Å²) in [6.45, 7) is 8.66. The van der Waals surface area contributed by atoms with Crippen LogP contribution >= 0.6 is 34.8 Å². The zero-order chi connectivity index (χ0) is 21.0. The van der Waals surface area contributed by atoms with E-state index in [4.69, 9.17) is 39.5 Å². The molecule has 0 bridgehead atoms. The molecule has 28 heavy (non-hydrogen) atoms. The first kappa shape index (κ1) is 21.3. The fraction of sp³-hybridized carbons (Fsp3) is 0.364. The van der Waals surface area contributed by atoms with E-state index in [0.717, 1.165) is 11.1 Å². The van der Waals surface area contributed by atoms with Crippen molar-refractivity contribution >= 4 is 46.4 Å². The third kappa shape index (κ3) is 3.61. The first-order chi connectivity index (χ1) is 12.8. The van der Waals surface area contributed by atoms with Crippen LogP contribution in [0.1, 0.15) is 44.7 Å². The molecule has 0 unspecified atom stereocenters. The minimum atomic E-state index is -1.07. The van der Waals surface area contributed by atoms with Crippen LogP contribution in [0, 0.1) is 6.92 Å². The minimum absolute atomic E-state index is 0.259. The van der Waals surface area contributed by atoms with Crippen LogP contribution in [0.5, 0.6) is 0 Å². The number of rotatable bonds is 2. The molecule has 0 N–H and O–H groups in total. The van der Waals surface area contributed by atoms with Gasteiger partial charge >= 0.3 is 0 Å². The molecule has 0 aromatic heterocycles. The molecule has 3 nitrogen and oxygen atoms in total. The van der Waals surface area contributed by atoms with Crippen molar-refractivity contribution in [3.8, 4) is 11.1 Å². The van der Waals surface area contributed by atoms with Gasteiger partial charge in [0.25, 0.3) is 0 Å². The Morgan fingerprint density at radius 2 is 1.36 bits per heavy atom. The van der Waals surface area contributed by atoms with Crippen LogP contribution < -0.4 is 0 Å². The lowest BCUT2D eigenvalue weighted by Gasteiger charge is -2.43. The van der Waals surface area contributed by atoms with E-state index < -0.39 is 17.1 Å². The Morgan fingerprint density at radius 1 is 0.857 bits per heavy atom. The summed E-state index contributed by atoms with van der Waals surface area (Å²) >= 11 is 18.8. The van der Waals surface area contributed by atoms with Crippen molar-refractivity contribution < 1.29 is 14.3 Å². The number of ether oxygens (including phenoxy) is 1.